The van der Waals surface area contributed by atoms with Gasteiger partial charge in [-0.2, -0.15) is 0 Å². The summed E-state index contributed by atoms with van der Waals surface area (Å²) in [5.41, 5.74) is 0. The van der Waals surface area contributed by atoms with Crippen LogP contribution >= 0.6 is 35.7 Å². The molecule has 1 fully saturated rings. The lowest BCUT2D eigenvalue weighted by Crippen LogP contribution is -2.21. The average Bonchev–Trinajstić information content (AvgIpc) is 2.14. The molecular weight excluding hydrogens is 249 g/mol. The van der Waals surface area contributed by atoms with Gasteiger partial charge < -0.3 is 5.32 Å². The van der Waals surface area contributed by atoms with Crippen LogP contribution in [0.15, 0.2) is 0 Å². The smallest absolute Gasteiger partial charge is 0.220 e. The molecule has 1 aliphatic rings. The summed E-state index contributed by atoms with van der Waals surface area (Å²) in [6.45, 7) is 0. The van der Waals surface area contributed by atoms with Crippen LogP contribution in [-0.4, -0.2) is 17.5 Å². The third-order valence-electron chi connectivity index (χ3n) is 1.24. The maximum Gasteiger partial charge on any atom is 0.220 e. The number of carbonyl (C=O) groups excluding carboxylic acids is 1. The summed E-state index contributed by atoms with van der Waals surface area (Å²) in [7, 11) is 0. The lowest BCUT2D eigenvalue weighted by atomic mass is 10.4. The zero-order valence-electron chi connectivity index (χ0n) is 5.22. The van der Waals surface area contributed by atoms with E-state index in [4.69, 9.17) is 0 Å². The van der Waals surface area contributed by atoms with E-state index in [1.165, 1.54) is 0 Å². The number of carbonyl (C=O) groups is 1. The minimum absolute atomic E-state index is 0. The number of nitrogens with one attached hydrogen (secondary N) is 1. The Morgan fingerprint density at radius 2 is 2.44 bits per heavy atom. The van der Waals surface area contributed by atoms with Crippen LogP contribution in [0.2, 0.25) is 0 Å². The molecule has 1 heterocycles. The van der Waals surface area contributed by atoms with Crippen LogP contribution in [0.4, 0.5) is 0 Å². The van der Waals surface area contributed by atoms with Crippen molar-refractivity contribution in [1.29, 1.82) is 0 Å². The third-order valence-corrected chi connectivity index (χ3v) is 2.16. The Balaban J connectivity index is 0.000000640. The van der Waals surface area contributed by atoms with Gasteiger partial charge in [0.2, 0.25) is 5.91 Å². The van der Waals surface area contributed by atoms with Crippen LogP contribution < -0.4 is 5.32 Å². The van der Waals surface area contributed by atoms with Crippen LogP contribution in [0.25, 0.3) is 0 Å². The third kappa shape index (κ3) is 2.75. The van der Waals surface area contributed by atoms with Crippen LogP contribution in [0.1, 0.15) is 12.8 Å². The highest BCUT2D eigenvalue weighted by Gasteiger charge is 2.18. The predicted molar refractivity (Wildman–Crippen MR) is 50.1 cm³/mol. The quantitative estimate of drug-likeness (QED) is 0.717. The molecule has 1 rings (SSSR count). The molecule has 1 N–H and O–H groups in total. The first kappa shape index (κ1) is 9.55. The van der Waals surface area contributed by atoms with Gasteiger partial charge >= 0.3 is 0 Å². The highest BCUT2D eigenvalue weighted by Crippen LogP contribution is 2.15. The molecule has 1 atom stereocenters. The standard InChI is InChI=1S/C5H9NOS.HI/c1-8-5-3-2-4(7)6-5;/h5H,2-3H2,1H3,(H,6,7);1H. The number of hydrogen-bond donors (Lipinski definition) is 1. The fourth-order valence-electron chi connectivity index (χ4n) is 0.763. The molecule has 54 valence electrons. The first-order valence-corrected chi connectivity index (χ1v) is 3.94. The van der Waals surface area contributed by atoms with Crippen LogP contribution in [-0.2, 0) is 4.79 Å². The zero-order chi connectivity index (χ0) is 5.98. The average molecular weight is 259 g/mol. The molecule has 1 aliphatic heterocycles. The van der Waals surface area contributed by atoms with Crippen molar-refractivity contribution in [3.63, 3.8) is 0 Å². The van der Waals surface area contributed by atoms with Gasteiger partial charge in [0.25, 0.3) is 0 Å². The molecule has 4 heteroatoms. The molecule has 1 amide bonds. The molecule has 0 spiro atoms. The summed E-state index contributed by atoms with van der Waals surface area (Å²) < 4.78 is 0. The van der Waals surface area contributed by atoms with Crippen molar-refractivity contribution in [1.82, 2.24) is 5.32 Å². The molecule has 0 radical (unpaired) electrons. The van der Waals surface area contributed by atoms with Gasteiger partial charge in [0.05, 0.1) is 5.37 Å². The highest BCUT2D eigenvalue weighted by molar-refractivity contribution is 14.0. The Bertz CT molecular complexity index is 109. The summed E-state index contributed by atoms with van der Waals surface area (Å²) >= 11 is 1.70. The minimum atomic E-state index is 0. The van der Waals surface area contributed by atoms with Gasteiger partial charge in [0.1, 0.15) is 0 Å². The second-order valence-corrected chi connectivity index (χ2v) is 2.87. The lowest BCUT2D eigenvalue weighted by Gasteiger charge is -2.02. The fraction of sp³-hybridized carbons (Fsp3) is 0.800. The summed E-state index contributed by atoms with van der Waals surface area (Å²) in [5.74, 6) is 0.198. The Morgan fingerprint density at radius 3 is 2.67 bits per heavy atom. The second kappa shape index (κ2) is 4.38. The van der Waals surface area contributed by atoms with Crippen molar-refractivity contribution >= 4 is 41.6 Å². The molecule has 2 nitrogen and oxygen atoms in total. The number of rotatable bonds is 1. The van der Waals surface area contributed by atoms with Crippen molar-refractivity contribution in [2.45, 2.75) is 18.2 Å². The van der Waals surface area contributed by atoms with Crippen molar-refractivity contribution < 1.29 is 4.79 Å². The van der Waals surface area contributed by atoms with Crippen molar-refractivity contribution in [2.24, 2.45) is 0 Å². The molecule has 0 aromatic carbocycles. The minimum Gasteiger partial charge on any atom is -0.344 e. The molecule has 0 aromatic rings. The molecule has 0 aliphatic carbocycles. The summed E-state index contributed by atoms with van der Waals surface area (Å²) in [6.07, 6.45) is 3.72. The van der Waals surface area contributed by atoms with Crippen molar-refractivity contribution in [2.75, 3.05) is 6.26 Å². The highest BCUT2D eigenvalue weighted by atomic mass is 127. The number of thioether (sulfide) groups is 1. The Labute approximate surface area is 76.2 Å². The molecule has 0 saturated carbocycles. The van der Waals surface area contributed by atoms with Gasteiger partial charge in [0, 0.05) is 6.42 Å². The number of amides is 1. The van der Waals surface area contributed by atoms with E-state index in [0.717, 1.165) is 6.42 Å². The van der Waals surface area contributed by atoms with E-state index < -0.39 is 0 Å². The molecular formula is C5H10INOS. The number of halogens is 1. The molecule has 1 saturated heterocycles. The maximum absolute atomic E-state index is 10.5. The normalized spacial score (nSPS) is 25.0. The predicted octanol–water partition coefficient (Wildman–Crippen LogP) is 1.20. The van der Waals surface area contributed by atoms with Crippen LogP contribution in [0.5, 0.6) is 0 Å². The molecule has 0 bridgehead atoms. The molecule has 1 unspecified atom stereocenters. The topological polar surface area (TPSA) is 29.1 Å². The monoisotopic (exact) mass is 259 g/mol. The zero-order valence-corrected chi connectivity index (χ0v) is 8.36. The van der Waals surface area contributed by atoms with E-state index in [1.807, 2.05) is 6.26 Å². The van der Waals surface area contributed by atoms with E-state index in [1.54, 1.807) is 11.8 Å². The first-order chi connectivity index (χ1) is 3.83. The van der Waals surface area contributed by atoms with E-state index in [-0.39, 0.29) is 29.9 Å². The van der Waals surface area contributed by atoms with Crippen LogP contribution in [0, 0.1) is 0 Å². The van der Waals surface area contributed by atoms with Gasteiger partial charge in [-0.1, -0.05) is 0 Å². The Morgan fingerprint density at radius 1 is 1.78 bits per heavy atom. The van der Waals surface area contributed by atoms with E-state index in [9.17, 15) is 4.79 Å². The fourth-order valence-corrected chi connectivity index (χ4v) is 1.37. The van der Waals surface area contributed by atoms with Gasteiger partial charge in [-0.15, -0.1) is 35.7 Å². The Kier molecular flexibility index (Phi) is 4.65. The summed E-state index contributed by atoms with van der Waals surface area (Å²) in [5, 5.41) is 3.22. The summed E-state index contributed by atoms with van der Waals surface area (Å²) in [6, 6.07) is 0. The first-order valence-electron chi connectivity index (χ1n) is 2.65. The van der Waals surface area contributed by atoms with Crippen LogP contribution in [0.3, 0.4) is 0 Å². The summed E-state index contributed by atoms with van der Waals surface area (Å²) in [4.78, 5) is 10.5. The van der Waals surface area contributed by atoms with Gasteiger partial charge in [-0.05, 0) is 12.7 Å². The van der Waals surface area contributed by atoms with Gasteiger partial charge in [0.15, 0.2) is 0 Å². The number of hydrogen-bond acceptors (Lipinski definition) is 2. The van der Waals surface area contributed by atoms with Gasteiger partial charge in [-0.25, -0.2) is 0 Å². The Hall–Kier alpha value is 0.550. The van der Waals surface area contributed by atoms with Crippen molar-refractivity contribution in [3.8, 4) is 0 Å². The SMILES string of the molecule is CSC1CCC(=O)N1.I. The van der Waals surface area contributed by atoms with Gasteiger partial charge in [-0.3, -0.25) is 4.79 Å². The van der Waals surface area contributed by atoms with Crippen molar-refractivity contribution in [3.05, 3.63) is 0 Å². The van der Waals surface area contributed by atoms with E-state index in [2.05, 4.69) is 5.32 Å². The van der Waals surface area contributed by atoms with E-state index in [0.29, 0.717) is 11.8 Å². The van der Waals surface area contributed by atoms with E-state index >= 15 is 0 Å². The second-order valence-electron chi connectivity index (χ2n) is 1.83. The lowest BCUT2D eigenvalue weighted by molar-refractivity contribution is -0.119. The largest absolute Gasteiger partial charge is 0.344 e. The maximum atomic E-state index is 10.5. The molecule has 9 heavy (non-hydrogen) atoms. The molecule has 0 aromatic heterocycles.